The summed E-state index contributed by atoms with van der Waals surface area (Å²) in [5, 5.41) is 34.8. The highest BCUT2D eigenvalue weighted by molar-refractivity contribution is 4.94. The predicted molar refractivity (Wildman–Crippen MR) is 29.2 cm³/mol. The zero-order valence-corrected chi connectivity index (χ0v) is 5.14. The van der Waals surface area contributed by atoms with Crippen molar-refractivity contribution >= 4 is 0 Å². The molecule has 0 amide bonds. The van der Waals surface area contributed by atoms with Crippen molar-refractivity contribution in [1.29, 1.82) is 0 Å². The Morgan fingerprint density at radius 2 is 2.00 bits per heavy atom. The van der Waals surface area contributed by atoms with Gasteiger partial charge >= 0.3 is 0 Å². The first-order valence-electron chi connectivity index (χ1n) is 2.86. The van der Waals surface area contributed by atoms with Crippen LogP contribution in [0.1, 0.15) is 0 Å². The monoisotopic (exact) mass is 149 g/mol. The highest BCUT2D eigenvalue weighted by atomic mass is 16.6. The van der Waals surface area contributed by atoms with Crippen LogP contribution in [-0.2, 0) is 4.74 Å². The molecule has 59 valence electrons. The van der Waals surface area contributed by atoms with Gasteiger partial charge in [0.15, 0.2) is 0 Å². The van der Waals surface area contributed by atoms with E-state index in [1.807, 2.05) is 0 Å². The number of aliphatic hydroxyl groups is 4. The predicted octanol–water partition coefficient (Wildman–Crippen LogP) is -2.04. The van der Waals surface area contributed by atoms with Gasteiger partial charge in [0.1, 0.15) is 18.3 Å². The van der Waals surface area contributed by atoms with Crippen molar-refractivity contribution in [3.8, 4) is 0 Å². The second kappa shape index (κ2) is 2.81. The smallest absolute Gasteiger partial charge is 0.254 e. The fourth-order valence-corrected chi connectivity index (χ4v) is 0.789. The third-order valence-corrected chi connectivity index (χ3v) is 1.41. The van der Waals surface area contributed by atoms with Crippen LogP contribution in [-0.4, -0.2) is 45.3 Å². The fourth-order valence-electron chi connectivity index (χ4n) is 0.789. The molecule has 1 fully saturated rings. The molecule has 5 nitrogen and oxygen atoms in total. The number of hydrogen-bond acceptors (Lipinski definition) is 5. The van der Waals surface area contributed by atoms with Crippen LogP contribution in [0.2, 0.25) is 0 Å². The first-order valence-corrected chi connectivity index (χ1v) is 2.86. The van der Waals surface area contributed by atoms with Gasteiger partial charge in [-0.15, -0.1) is 0 Å². The van der Waals surface area contributed by atoms with Crippen molar-refractivity contribution in [1.82, 2.24) is 0 Å². The highest BCUT2D eigenvalue weighted by Gasteiger charge is 2.42. The van der Waals surface area contributed by atoms with Crippen LogP contribution in [0.3, 0.4) is 0 Å². The fraction of sp³-hybridized carbons (Fsp3) is 0.800. The minimum atomic E-state index is -1.39. The van der Waals surface area contributed by atoms with E-state index in [2.05, 4.69) is 4.74 Å². The summed E-state index contributed by atoms with van der Waals surface area (Å²) in [5.74, 6) is 0. The standard InChI is InChI=1S/C5H9O5/c6-1-2-3(7)4(8)5(9)10-2/h2-4,6-9H,1H2/t2-,3-,4+/m0/s1. The second-order valence-corrected chi connectivity index (χ2v) is 2.11. The van der Waals surface area contributed by atoms with E-state index in [1.165, 1.54) is 0 Å². The molecule has 1 rings (SSSR count). The van der Waals surface area contributed by atoms with Gasteiger partial charge in [-0.1, -0.05) is 0 Å². The molecular weight excluding hydrogens is 140 g/mol. The summed E-state index contributed by atoms with van der Waals surface area (Å²) in [5.41, 5.74) is 0. The lowest BCUT2D eigenvalue weighted by molar-refractivity contribution is -0.0439. The molecule has 3 atom stereocenters. The van der Waals surface area contributed by atoms with Crippen LogP contribution in [0.25, 0.3) is 0 Å². The molecule has 0 aliphatic carbocycles. The van der Waals surface area contributed by atoms with Crippen LogP contribution in [0.15, 0.2) is 0 Å². The van der Waals surface area contributed by atoms with Crippen LogP contribution in [0, 0.1) is 6.29 Å². The second-order valence-electron chi connectivity index (χ2n) is 2.11. The lowest BCUT2D eigenvalue weighted by Gasteiger charge is -2.09. The molecule has 4 N–H and O–H groups in total. The van der Waals surface area contributed by atoms with E-state index in [9.17, 15) is 0 Å². The van der Waals surface area contributed by atoms with Gasteiger partial charge in [0, 0.05) is 0 Å². The third kappa shape index (κ3) is 1.14. The van der Waals surface area contributed by atoms with Crippen molar-refractivity contribution in [2.24, 2.45) is 0 Å². The summed E-state index contributed by atoms with van der Waals surface area (Å²) in [6.07, 6.45) is -4.16. The Hall–Kier alpha value is -0.200. The van der Waals surface area contributed by atoms with E-state index < -0.39 is 31.2 Å². The van der Waals surface area contributed by atoms with Crippen molar-refractivity contribution in [2.45, 2.75) is 18.3 Å². The maximum atomic E-state index is 8.91. The first kappa shape index (κ1) is 7.90. The summed E-state index contributed by atoms with van der Waals surface area (Å²) < 4.78 is 4.46. The summed E-state index contributed by atoms with van der Waals surface area (Å²) in [7, 11) is 0. The molecule has 0 spiro atoms. The Morgan fingerprint density at radius 1 is 1.40 bits per heavy atom. The van der Waals surface area contributed by atoms with Crippen molar-refractivity contribution in [3.05, 3.63) is 6.29 Å². The topological polar surface area (TPSA) is 90.2 Å². The Labute approximate surface area is 57.5 Å². The van der Waals surface area contributed by atoms with Gasteiger partial charge in [-0.05, 0) is 0 Å². The molecule has 10 heavy (non-hydrogen) atoms. The van der Waals surface area contributed by atoms with Gasteiger partial charge in [-0.3, -0.25) is 0 Å². The van der Waals surface area contributed by atoms with Gasteiger partial charge in [0.2, 0.25) is 0 Å². The maximum Gasteiger partial charge on any atom is 0.254 e. The molecule has 1 radical (unpaired) electrons. The Morgan fingerprint density at radius 3 is 2.20 bits per heavy atom. The summed E-state index contributed by atoms with van der Waals surface area (Å²) in [4.78, 5) is 0. The molecule has 1 aliphatic rings. The Bertz CT molecular complexity index is 117. The van der Waals surface area contributed by atoms with Crippen LogP contribution in [0.4, 0.5) is 0 Å². The van der Waals surface area contributed by atoms with Gasteiger partial charge in [0.05, 0.1) is 6.61 Å². The zero-order chi connectivity index (χ0) is 7.72. The average molecular weight is 149 g/mol. The number of rotatable bonds is 1. The molecular formula is C5H9O5. The normalized spacial score (nSPS) is 42.6. The first-order chi connectivity index (χ1) is 4.66. The maximum absolute atomic E-state index is 8.91. The summed E-state index contributed by atoms with van der Waals surface area (Å²) >= 11 is 0. The van der Waals surface area contributed by atoms with Crippen LogP contribution < -0.4 is 0 Å². The summed E-state index contributed by atoms with van der Waals surface area (Å²) in [6.45, 7) is -0.428. The van der Waals surface area contributed by atoms with Crippen LogP contribution >= 0.6 is 0 Å². The van der Waals surface area contributed by atoms with Gasteiger partial charge in [-0.2, -0.15) is 0 Å². The van der Waals surface area contributed by atoms with Crippen LogP contribution in [0.5, 0.6) is 0 Å². The van der Waals surface area contributed by atoms with E-state index >= 15 is 0 Å². The van der Waals surface area contributed by atoms with E-state index in [4.69, 9.17) is 20.4 Å². The molecule has 0 unspecified atom stereocenters. The molecule has 5 heteroatoms. The van der Waals surface area contributed by atoms with Gasteiger partial charge in [-0.25, -0.2) is 0 Å². The molecule has 0 aromatic rings. The van der Waals surface area contributed by atoms with Crippen molar-refractivity contribution in [3.63, 3.8) is 0 Å². The van der Waals surface area contributed by atoms with E-state index in [0.717, 1.165) is 0 Å². The minimum Gasteiger partial charge on any atom is -0.394 e. The zero-order valence-electron chi connectivity index (χ0n) is 5.14. The Kier molecular flexibility index (Phi) is 2.22. The molecule has 0 saturated carbocycles. The van der Waals surface area contributed by atoms with Gasteiger partial charge in [0.25, 0.3) is 6.29 Å². The lowest BCUT2D eigenvalue weighted by atomic mass is 10.1. The number of ether oxygens (including phenoxy) is 1. The molecule has 0 aromatic carbocycles. The lowest BCUT2D eigenvalue weighted by Crippen LogP contribution is -2.32. The third-order valence-electron chi connectivity index (χ3n) is 1.41. The molecule has 0 aromatic heterocycles. The number of hydrogen-bond donors (Lipinski definition) is 4. The van der Waals surface area contributed by atoms with Crippen molar-refractivity contribution in [2.75, 3.05) is 6.61 Å². The summed E-state index contributed by atoms with van der Waals surface area (Å²) in [6, 6.07) is 0. The number of aliphatic hydroxyl groups excluding tert-OH is 4. The van der Waals surface area contributed by atoms with E-state index in [-0.39, 0.29) is 0 Å². The van der Waals surface area contributed by atoms with E-state index in [0.29, 0.717) is 0 Å². The molecule has 0 bridgehead atoms. The molecule has 1 saturated heterocycles. The largest absolute Gasteiger partial charge is 0.394 e. The van der Waals surface area contributed by atoms with E-state index in [1.54, 1.807) is 0 Å². The van der Waals surface area contributed by atoms with Crippen molar-refractivity contribution < 1.29 is 25.2 Å². The Balaban J connectivity index is 2.53. The SMILES string of the molecule is OC[C@@H]1O[C](O)[C@H](O)[C@H]1O. The minimum absolute atomic E-state index is 0.428. The molecule has 1 heterocycles. The molecule has 1 aliphatic heterocycles. The van der Waals surface area contributed by atoms with Gasteiger partial charge < -0.3 is 25.2 Å². The quantitative estimate of drug-likeness (QED) is 0.345. The average Bonchev–Trinajstić information content (AvgIpc) is 2.17. The highest BCUT2D eigenvalue weighted by Crippen LogP contribution is 2.23.